The summed E-state index contributed by atoms with van der Waals surface area (Å²) in [5.41, 5.74) is 11.0. The first-order chi connectivity index (χ1) is 15.6. The Morgan fingerprint density at radius 3 is 1.75 bits per heavy atom. The third-order valence-corrected chi connectivity index (χ3v) is 6.10. The van der Waals surface area contributed by atoms with Crippen molar-refractivity contribution in [2.75, 3.05) is 0 Å². The maximum absolute atomic E-state index is 2.44. The number of pyridine rings is 1. The summed E-state index contributed by atoms with van der Waals surface area (Å²) in [5, 5.41) is 0. The second-order valence-corrected chi connectivity index (χ2v) is 8.28. The molecule has 0 unspecified atom stereocenters. The molecule has 156 valence electrons. The number of hydrogen-bond acceptors (Lipinski definition) is 0. The van der Waals surface area contributed by atoms with E-state index in [1.807, 2.05) is 0 Å². The molecule has 0 aliphatic heterocycles. The Bertz CT molecular complexity index is 1320. The van der Waals surface area contributed by atoms with E-state index < -0.39 is 0 Å². The van der Waals surface area contributed by atoms with Gasteiger partial charge in [-0.3, -0.25) is 0 Å². The van der Waals surface area contributed by atoms with Gasteiger partial charge in [-0.2, -0.15) is 4.57 Å². The zero-order chi connectivity index (χ0) is 22.1. The summed E-state index contributed by atoms with van der Waals surface area (Å²) in [6.07, 6.45) is 2.11. The van der Waals surface area contributed by atoms with Crippen molar-refractivity contribution in [1.29, 1.82) is 0 Å². The fourth-order valence-corrected chi connectivity index (χ4v) is 4.66. The Kier molecular flexibility index (Phi) is 5.20. The maximum atomic E-state index is 2.44. The van der Waals surface area contributed by atoms with Crippen LogP contribution in [-0.2, 0) is 7.05 Å². The number of rotatable bonds is 4. The van der Waals surface area contributed by atoms with Crippen molar-refractivity contribution in [3.8, 4) is 39.3 Å². The minimum atomic E-state index is 1.19. The van der Waals surface area contributed by atoms with E-state index in [2.05, 4.69) is 139 Å². The van der Waals surface area contributed by atoms with E-state index in [1.54, 1.807) is 0 Å². The van der Waals surface area contributed by atoms with Gasteiger partial charge in [-0.15, -0.1) is 0 Å². The lowest BCUT2D eigenvalue weighted by Crippen LogP contribution is -2.31. The molecule has 2 aromatic heterocycles. The highest BCUT2D eigenvalue weighted by Gasteiger charge is 2.24. The monoisotopic (exact) mass is 415 g/mol. The number of para-hydroxylation sites is 1. The first kappa shape index (κ1) is 20.0. The predicted octanol–water partition coefficient (Wildman–Crippen LogP) is 6.92. The summed E-state index contributed by atoms with van der Waals surface area (Å²) in [6.45, 7) is 4.41. The fraction of sp³-hybridized carbons (Fsp3) is 0.100. The highest BCUT2D eigenvalue weighted by molar-refractivity contribution is 5.87. The average Bonchev–Trinajstić information content (AvgIpc) is 3.13. The van der Waals surface area contributed by atoms with Crippen molar-refractivity contribution in [3.05, 3.63) is 121 Å². The zero-order valence-corrected chi connectivity index (χ0v) is 18.8. The molecule has 3 aromatic carbocycles. The molecule has 0 saturated heterocycles. The molecular weight excluding hydrogens is 388 g/mol. The molecule has 2 heterocycles. The van der Waals surface area contributed by atoms with Crippen molar-refractivity contribution in [2.24, 2.45) is 7.05 Å². The van der Waals surface area contributed by atoms with Gasteiger partial charge in [-0.05, 0) is 42.7 Å². The second-order valence-electron chi connectivity index (χ2n) is 8.28. The van der Waals surface area contributed by atoms with Crippen LogP contribution in [0.15, 0.2) is 109 Å². The van der Waals surface area contributed by atoms with Gasteiger partial charge in [0.1, 0.15) is 12.7 Å². The first-order valence-electron chi connectivity index (χ1n) is 11.0. The van der Waals surface area contributed by atoms with Crippen LogP contribution < -0.4 is 4.57 Å². The minimum absolute atomic E-state index is 1.19. The number of benzene rings is 3. The van der Waals surface area contributed by atoms with E-state index in [-0.39, 0.29) is 0 Å². The van der Waals surface area contributed by atoms with Crippen LogP contribution in [0.1, 0.15) is 11.3 Å². The molecule has 0 bridgehead atoms. The van der Waals surface area contributed by atoms with Crippen molar-refractivity contribution in [1.82, 2.24) is 4.57 Å². The Morgan fingerprint density at radius 2 is 1.19 bits per heavy atom. The van der Waals surface area contributed by atoms with E-state index in [1.165, 1.54) is 50.6 Å². The molecule has 5 aromatic rings. The van der Waals surface area contributed by atoms with Crippen molar-refractivity contribution >= 4 is 0 Å². The van der Waals surface area contributed by atoms with Crippen LogP contribution in [0.25, 0.3) is 39.3 Å². The zero-order valence-electron chi connectivity index (χ0n) is 18.8. The quantitative estimate of drug-likeness (QED) is 0.282. The van der Waals surface area contributed by atoms with Gasteiger partial charge in [0.2, 0.25) is 5.69 Å². The molecule has 0 fully saturated rings. The molecule has 0 spiro atoms. The minimum Gasteiger partial charge on any atom is -0.307 e. The van der Waals surface area contributed by atoms with Gasteiger partial charge in [0.05, 0.1) is 5.69 Å². The molecule has 0 aliphatic rings. The Labute approximate surface area is 190 Å². The smallest absolute Gasteiger partial charge is 0.229 e. The van der Waals surface area contributed by atoms with E-state index >= 15 is 0 Å². The van der Waals surface area contributed by atoms with Gasteiger partial charge >= 0.3 is 0 Å². The number of aromatic nitrogens is 2. The van der Waals surface area contributed by atoms with Gasteiger partial charge in [-0.25, -0.2) is 0 Å². The molecule has 0 amide bonds. The topological polar surface area (TPSA) is 8.81 Å². The third kappa shape index (κ3) is 3.44. The fourth-order valence-electron chi connectivity index (χ4n) is 4.66. The Hall–Kier alpha value is -3.91. The molecule has 5 rings (SSSR count). The Morgan fingerprint density at radius 1 is 0.625 bits per heavy atom. The van der Waals surface area contributed by atoms with Gasteiger partial charge in [0, 0.05) is 29.0 Å². The van der Waals surface area contributed by atoms with E-state index in [4.69, 9.17) is 0 Å². The van der Waals surface area contributed by atoms with Crippen LogP contribution >= 0.6 is 0 Å². The van der Waals surface area contributed by atoms with E-state index in [0.717, 1.165) is 0 Å². The molecule has 0 radical (unpaired) electrons. The molecule has 0 aliphatic carbocycles. The van der Waals surface area contributed by atoms with E-state index in [9.17, 15) is 0 Å². The van der Waals surface area contributed by atoms with E-state index in [0.29, 0.717) is 0 Å². The largest absolute Gasteiger partial charge is 0.307 e. The maximum Gasteiger partial charge on any atom is 0.229 e. The summed E-state index contributed by atoms with van der Waals surface area (Å²) >= 11 is 0. The Balaban J connectivity index is 1.90. The number of aryl methyl sites for hydroxylation is 3. The number of nitrogens with zero attached hydrogens (tertiary/aromatic N) is 2. The van der Waals surface area contributed by atoms with Gasteiger partial charge < -0.3 is 4.57 Å². The van der Waals surface area contributed by atoms with Crippen LogP contribution in [0.3, 0.4) is 0 Å². The summed E-state index contributed by atoms with van der Waals surface area (Å²) in [7, 11) is 2.11. The molecule has 0 atom stereocenters. The highest BCUT2D eigenvalue weighted by Crippen LogP contribution is 2.39. The first-order valence-corrected chi connectivity index (χ1v) is 11.0. The predicted molar refractivity (Wildman–Crippen MR) is 133 cm³/mol. The van der Waals surface area contributed by atoms with Gasteiger partial charge in [0.15, 0.2) is 6.20 Å². The second kappa shape index (κ2) is 8.32. The van der Waals surface area contributed by atoms with Crippen LogP contribution in [0.2, 0.25) is 0 Å². The summed E-state index contributed by atoms with van der Waals surface area (Å²) in [6, 6.07) is 36.7. The summed E-state index contributed by atoms with van der Waals surface area (Å²) < 4.78 is 4.64. The lowest BCUT2D eigenvalue weighted by molar-refractivity contribution is -0.660. The van der Waals surface area contributed by atoms with Crippen LogP contribution in [0, 0.1) is 13.8 Å². The molecule has 2 heteroatoms. The lowest BCUT2D eigenvalue weighted by atomic mass is 9.95. The average molecular weight is 416 g/mol. The molecule has 2 nitrogen and oxygen atoms in total. The summed E-state index contributed by atoms with van der Waals surface area (Å²) in [5.74, 6) is 0. The number of hydrogen-bond donors (Lipinski definition) is 0. The summed E-state index contributed by atoms with van der Waals surface area (Å²) in [4.78, 5) is 0. The standard InChI is InChI=1S/C30H27N2/c1-22-21-23(2)32(29(22)28-19-10-11-20-31(28)3)30-26(24-13-6-4-7-14-24)17-12-18-27(30)25-15-8-5-9-16-25/h4-21H,1-3H3/q+1. The molecule has 0 saturated carbocycles. The third-order valence-electron chi connectivity index (χ3n) is 6.10. The van der Waals surface area contributed by atoms with Crippen LogP contribution in [0.4, 0.5) is 0 Å². The van der Waals surface area contributed by atoms with Crippen molar-refractivity contribution in [3.63, 3.8) is 0 Å². The normalized spacial score (nSPS) is 11.0. The van der Waals surface area contributed by atoms with Gasteiger partial charge in [-0.1, -0.05) is 78.9 Å². The molecular formula is C30H27N2+. The molecule has 32 heavy (non-hydrogen) atoms. The highest BCUT2D eigenvalue weighted by atomic mass is 15.0. The van der Waals surface area contributed by atoms with Crippen LogP contribution in [-0.4, -0.2) is 4.57 Å². The molecule has 0 N–H and O–H groups in total. The van der Waals surface area contributed by atoms with Crippen LogP contribution in [0.5, 0.6) is 0 Å². The SMILES string of the molecule is Cc1cc(C)n(-c2c(-c3ccccc3)cccc2-c2ccccc2)c1-c1cccc[n+]1C. The lowest BCUT2D eigenvalue weighted by Gasteiger charge is -2.20. The van der Waals surface area contributed by atoms with Crippen molar-refractivity contribution < 1.29 is 4.57 Å². The van der Waals surface area contributed by atoms with Crippen molar-refractivity contribution in [2.45, 2.75) is 13.8 Å². The van der Waals surface area contributed by atoms with Gasteiger partial charge in [0.25, 0.3) is 0 Å².